The number of benzene rings is 1. The van der Waals surface area contributed by atoms with Crippen molar-refractivity contribution >= 4 is 23.6 Å². The van der Waals surface area contributed by atoms with Crippen LogP contribution in [-0.4, -0.2) is 21.6 Å². The highest BCUT2D eigenvalue weighted by molar-refractivity contribution is 6.32. The van der Waals surface area contributed by atoms with E-state index >= 15 is 0 Å². The van der Waals surface area contributed by atoms with Crippen LogP contribution in [0.3, 0.4) is 0 Å². The number of aromatic amines is 1. The molecule has 1 N–H and O–H groups in total. The minimum Gasteiger partial charge on any atom is -0.460 e. The molecule has 0 aliphatic carbocycles. The maximum absolute atomic E-state index is 12.7. The van der Waals surface area contributed by atoms with Gasteiger partial charge in [0.1, 0.15) is 5.69 Å². The molecular weight excluding hydrogens is 389 g/mol. The summed E-state index contributed by atoms with van der Waals surface area (Å²) in [5, 5.41) is 0.198. The first-order chi connectivity index (χ1) is 12.5. The van der Waals surface area contributed by atoms with Gasteiger partial charge >= 0.3 is 17.8 Å². The predicted molar refractivity (Wildman–Crippen MR) is 92.9 cm³/mol. The van der Waals surface area contributed by atoms with E-state index in [9.17, 15) is 27.6 Å². The fraction of sp³-hybridized carbons (Fsp3) is 0.235. The quantitative estimate of drug-likeness (QED) is 0.629. The van der Waals surface area contributed by atoms with Gasteiger partial charge in [-0.05, 0) is 43.7 Å². The average molecular weight is 403 g/mol. The van der Waals surface area contributed by atoms with Gasteiger partial charge in [0.05, 0.1) is 11.8 Å². The van der Waals surface area contributed by atoms with Crippen molar-refractivity contribution < 1.29 is 22.7 Å². The van der Waals surface area contributed by atoms with E-state index in [4.69, 9.17) is 16.3 Å². The molecule has 0 fully saturated rings. The van der Waals surface area contributed by atoms with Crippen molar-refractivity contribution in [1.29, 1.82) is 0 Å². The van der Waals surface area contributed by atoms with Crippen LogP contribution in [0.15, 0.2) is 39.9 Å². The monoisotopic (exact) mass is 402 g/mol. The zero-order chi connectivity index (χ0) is 20.4. The summed E-state index contributed by atoms with van der Waals surface area (Å²) in [4.78, 5) is 37.2. The summed E-state index contributed by atoms with van der Waals surface area (Å²) >= 11 is 6.01. The molecule has 27 heavy (non-hydrogen) atoms. The highest BCUT2D eigenvalue weighted by Gasteiger charge is 2.33. The van der Waals surface area contributed by atoms with Gasteiger partial charge in [0, 0.05) is 17.2 Å². The molecule has 0 saturated carbocycles. The Morgan fingerprint density at radius 1 is 1.26 bits per heavy atom. The van der Waals surface area contributed by atoms with E-state index in [1.807, 2.05) is 0 Å². The third-order valence-electron chi connectivity index (χ3n) is 3.23. The second kappa shape index (κ2) is 7.83. The van der Waals surface area contributed by atoms with Crippen LogP contribution >= 0.6 is 11.6 Å². The zero-order valence-electron chi connectivity index (χ0n) is 14.1. The van der Waals surface area contributed by atoms with Crippen molar-refractivity contribution in [3.05, 3.63) is 67.5 Å². The Kier molecular flexibility index (Phi) is 5.94. The van der Waals surface area contributed by atoms with Crippen molar-refractivity contribution in [3.63, 3.8) is 0 Å². The van der Waals surface area contributed by atoms with E-state index in [1.165, 1.54) is 24.3 Å². The number of alkyl halides is 3. The molecule has 0 saturated heterocycles. The van der Waals surface area contributed by atoms with E-state index in [0.717, 1.165) is 6.08 Å². The number of halogens is 4. The summed E-state index contributed by atoms with van der Waals surface area (Å²) in [5.74, 6) is -0.629. The molecule has 1 heterocycles. The molecule has 2 aromatic rings. The van der Waals surface area contributed by atoms with Crippen molar-refractivity contribution in [3.8, 4) is 5.69 Å². The molecule has 0 amide bonds. The average Bonchev–Trinajstić information content (AvgIpc) is 2.52. The predicted octanol–water partition coefficient (Wildman–Crippen LogP) is 3.16. The number of hydrogen-bond acceptors (Lipinski definition) is 4. The standard InChI is InChI=1S/C17H14ClF3N2O4/c1-9(2)27-15(25)6-3-10-7-11(4-5-12(10)18)23-14(24)8-13(17(19,20)21)22-16(23)26/h3-9H,1-2H3,(H,22,26)/b6-3+. The summed E-state index contributed by atoms with van der Waals surface area (Å²) < 4.78 is 43.5. The van der Waals surface area contributed by atoms with Crippen LogP contribution in [0.4, 0.5) is 13.2 Å². The van der Waals surface area contributed by atoms with Crippen LogP contribution in [-0.2, 0) is 15.7 Å². The van der Waals surface area contributed by atoms with Gasteiger partial charge in [-0.3, -0.25) is 4.79 Å². The number of ether oxygens (including phenoxy) is 1. The highest BCUT2D eigenvalue weighted by Crippen LogP contribution is 2.26. The number of hydrogen-bond donors (Lipinski definition) is 1. The number of nitrogens with one attached hydrogen (secondary N) is 1. The Balaban J connectivity index is 2.47. The molecule has 0 aliphatic heterocycles. The lowest BCUT2D eigenvalue weighted by Gasteiger charge is -2.10. The van der Waals surface area contributed by atoms with Crippen LogP contribution in [0.5, 0.6) is 0 Å². The maximum Gasteiger partial charge on any atom is 0.431 e. The number of H-pyrrole nitrogens is 1. The second-order valence-electron chi connectivity index (χ2n) is 5.68. The lowest BCUT2D eigenvalue weighted by atomic mass is 10.2. The number of aromatic nitrogens is 2. The highest BCUT2D eigenvalue weighted by atomic mass is 35.5. The Labute approximate surface area is 155 Å². The Morgan fingerprint density at radius 2 is 1.93 bits per heavy atom. The van der Waals surface area contributed by atoms with Crippen LogP contribution in [0.2, 0.25) is 5.02 Å². The fourth-order valence-corrected chi connectivity index (χ4v) is 2.30. The lowest BCUT2D eigenvalue weighted by molar-refractivity contribution is -0.142. The van der Waals surface area contributed by atoms with E-state index in [2.05, 4.69) is 0 Å². The minimum atomic E-state index is -4.86. The summed E-state index contributed by atoms with van der Waals surface area (Å²) in [6.45, 7) is 3.34. The molecule has 0 bridgehead atoms. The third-order valence-corrected chi connectivity index (χ3v) is 3.57. The smallest absolute Gasteiger partial charge is 0.431 e. The topological polar surface area (TPSA) is 81.2 Å². The van der Waals surface area contributed by atoms with Gasteiger partial charge < -0.3 is 9.72 Å². The zero-order valence-corrected chi connectivity index (χ0v) is 14.9. The van der Waals surface area contributed by atoms with Crippen molar-refractivity contribution in [1.82, 2.24) is 9.55 Å². The number of carbonyl (C=O) groups excluding carboxylic acids is 1. The lowest BCUT2D eigenvalue weighted by Crippen LogP contribution is -2.35. The molecule has 1 aromatic carbocycles. The van der Waals surface area contributed by atoms with Gasteiger partial charge in [0.25, 0.3) is 5.56 Å². The molecule has 1 aromatic heterocycles. The van der Waals surface area contributed by atoms with Crippen LogP contribution < -0.4 is 11.2 Å². The summed E-state index contributed by atoms with van der Waals surface area (Å²) in [5.41, 5.74) is -3.62. The van der Waals surface area contributed by atoms with Crippen molar-refractivity contribution in [2.75, 3.05) is 0 Å². The van der Waals surface area contributed by atoms with Crippen molar-refractivity contribution in [2.45, 2.75) is 26.1 Å². The number of carbonyl (C=O) groups is 1. The molecule has 0 aliphatic rings. The molecule has 0 unspecified atom stereocenters. The molecule has 10 heteroatoms. The Morgan fingerprint density at radius 3 is 2.48 bits per heavy atom. The SMILES string of the molecule is CC(C)OC(=O)/C=C/c1cc(-n2c(=O)cc(C(F)(F)F)[nH]c2=O)ccc1Cl. The normalized spacial score (nSPS) is 12.0. The Hall–Kier alpha value is -2.81. The molecule has 0 radical (unpaired) electrons. The molecule has 6 nitrogen and oxygen atoms in total. The molecule has 144 valence electrons. The Bertz CT molecular complexity index is 975. The number of nitrogens with zero attached hydrogens (tertiary/aromatic N) is 1. The molecular formula is C17H14ClF3N2O4. The summed E-state index contributed by atoms with van der Waals surface area (Å²) in [7, 11) is 0. The van der Waals surface area contributed by atoms with E-state index in [1.54, 1.807) is 18.8 Å². The minimum absolute atomic E-state index is 0.0174. The van der Waals surface area contributed by atoms with E-state index in [0.29, 0.717) is 4.57 Å². The van der Waals surface area contributed by atoms with Crippen LogP contribution in [0.1, 0.15) is 25.1 Å². The second-order valence-corrected chi connectivity index (χ2v) is 6.09. The maximum atomic E-state index is 12.7. The molecule has 0 spiro atoms. The van der Waals surface area contributed by atoms with Gasteiger partial charge in [-0.15, -0.1) is 0 Å². The van der Waals surface area contributed by atoms with Crippen LogP contribution in [0.25, 0.3) is 11.8 Å². The number of rotatable bonds is 4. The first kappa shape index (κ1) is 20.5. The first-order valence-corrected chi connectivity index (χ1v) is 7.99. The summed E-state index contributed by atoms with van der Waals surface area (Å²) in [6.07, 6.45) is -2.78. The van der Waals surface area contributed by atoms with Crippen LogP contribution in [0, 0.1) is 0 Å². The summed E-state index contributed by atoms with van der Waals surface area (Å²) in [6, 6.07) is 4.20. The van der Waals surface area contributed by atoms with Gasteiger partial charge in [0.2, 0.25) is 0 Å². The third kappa shape index (κ3) is 5.10. The van der Waals surface area contributed by atoms with Gasteiger partial charge in [-0.25, -0.2) is 14.2 Å². The van der Waals surface area contributed by atoms with Crippen molar-refractivity contribution in [2.24, 2.45) is 0 Å². The van der Waals surface area contributed by atoms with E-state index in [-0.39, 0.29) is 28.4 Å². The largest absolute Gasteiger partial charge is 0.460 e. The molecule has 0 atom stereocenters. The molecule has 2 rings (SSSR count). The number of esters is 1. The van der Waals surface area contributed by atoms with E-state index < -0.39 is 29.1 Å². The fourth-order valence-electron chi connectivity index (χ4n) is 2.12. The van der Waals surface area contributed by atoms with Gasteiger partial charge in [0.15, 0.2) is 0 Å². The first-order valence-electron chi connectivity index (χ1n) is 7.61. The van der Waals surface area contributed by atoms with Gasteiger partial charge in [-0.2, -0.15) is 13.2 Å². The van der Waals surface area contributed by atoms with Gasteiger partial charge in [-0.1, -0.05) is 11.6 Å².